The van der Waals surface area contributed by atoms with Gasteiger partial charge in [0.15, 0.2) is 0 Å². The molecule has 1 aliphatic carbocycles. The minimum absolute atomic E-state index is 0.0238. The number of thioether (sulfide) groups is 1. The molecule has 2 aromatic rings. The van der Waals surface area contributed by atoms with Crippen LogP contribution in [0.15, 0.2) is 42.5 Å². The summed E-state index contributed by atoms with van der Waals surface area (Å²) in [5, 5.41) is 12.3. The first-order valence-electron chi connectivity index (χ1n) is 13.5. The molecule has 8 heteroatoms. The van der Waals surface area contributed by atoms with Crippen molar-refractivity contribution in [3.8, 4) is 11.1 Å². The van der Waals surface area contributed by atoms with E-state index >= 15 is 0 Å². The molecule has 1 saturated carbocycles. The van der Waals surface area contributed by atoms with Crippen LogP contribution in [0.25, 0.3) is 11.1 Å². The molecule has 0 spiro atoms. The van der Waals surface area contributed by atoms with Crippen LogP contribution < -0.4 is 10.8 Å². The zero-order valence-corrected chi connectivity index (χ0v) is 23.6. The SMILES string of the molecule is CONCC(CC1CCCCC1)OCc1ccc(C(=O)NC(CCSC)C(=O)O)c(-c2ccccc2C)c1. The van der Waals surface area contributed by atoms with Gasteiger partial charge in [0.05, 0.1) is 19.8 Å². The van der Waals surface area contributed by atoms with Gasteiger partial charge in [0.25, 0.3) is 5.91 Å². The normalized spacial score (nSPS) is 15.7. The predicted molar refractivity (Wildman–Crippen MR) is 153 cm³/mol. The summed E-state index contributed by atoms with van der Waals surface area (Å²) in [7, 11) is 1.62. The topological polar surface area (TPSA) is 96.9 Å². The minimum Gasteiger partial charge on any atom is -0.480 e. The Kier molecular flexibility index (Phi) is 12.6. The molecular formula is C30H42N2O5S. The highest BCUT2D eigenvalue weighted by Crippen LogP contribution is 2.30. The molecule has 3 N–H and O–H groups in total. The first-order valence-corrected chi connectivity index (χ1v) is 14.9. The van der Waals surface area contributed by atoms with Crippen molar-refractivity contribution in [2.45, 2.75) is 70.6 Å². The molecule has 3 rings (SSSR count). The molecule has 2 aromatic carbocycles. The molecule has 208 valence electrons. The van der Waals surface area contributed by atoms with E-state index in [1.807, 2.05) is 49.6 Å². The largest absolute Gasteiger partial charge is 0.480 e. The van der Waals surface area contributed by atoms with Gasteiger partial charge in [-0.3, -0.25) is 4.79 Å². The highest BCUT2D eigenvalue weighted by Gasteiger charge is 2.23. The molecule has 7 nitrogen and oxygen atoms in total. The van der Waals surface area contributed by atoms with Crippen LogP contribution >= 0.6 is 11.8 Å². The Morgan fingerprint density at radius 1 is 1.11 bits per heavy atom. The lowest BCUT2D eigenvalue weighted by atomic mass is 9.85. The molecule has 38 heavy (non-hydrogen) atoms. The molecule has 1 amide bonds. The van der Waals surface area contributed by atoms with E-state index in [0.717, 1.165) is 28.7 Å². The van der Waals surface area contributed by atoms with Gasteiger partial charge in [-0.2, -0.15) is 11.8 Å². The standard InChI is InChI=1S/C30H42N2O5S/c1-21-9-7-8-12-25(21)27-18-23(13-14-26(27)29(33)32-28(30(34)35)15-16-38-3)20-37-24(19-31-36-2)17-22-10-5-4-6-11-22/h7-9,12-14,18,22,24,28,31H,4-6,10-11,15-17,19-20H2,1-3H3,(H,32,33)(H,34,35). The number of benzene rings is 2. The van der Waals surface area contributed by atoms with Gasteiger partial charge in [-0.15, -0.1) is 0 Å². The molecule has 2 atom stereocenters. The lowest BCUT2D eigenvalue weighted by Crippen LogP contribution is -2.41. The average Bonchev–Trinajstić information content (AvgIpc) is 2.93. The van der Waals surface area contributed by atoms with Crippen LogP contribution in [0, 0.1) is 12.8 Å². The number of hydrogen-bond donors (Lipinski definition) is 3. The fourth-order valence-corrected chi connectivity index (χ4v) is 5.57. The minimum atomic E-state index is -1.02. The fraction of sp³-hybridized carbons (Fsp3) is 0.533. The quantitative estimate of drug-likeness (QED) is 0.252. The molecule has 0 radical (unpaired) electrons. The molecule has 1 aliphatic rings. The number of aryl methyl sites for hydroxylation is 1. The van der Waals surface area contributed by atoms with Crippen LogP contribution in [-0.4, -0.2) is 54.8 Å². The Balaban J connectivity index is 1.82. The van der Waals surface area contributed by atoms with Crippen molar-refractivity contribution in [2.75, 3.05) is 25.7 Å². The Bertz CT molecular complexity index is 1040. The lowest BCUT2D eigenvalue weighted by Gasteiger charge is -2.27. The number of hydroxylamine groups is 1. The van der Waals surface area contributed by atoms with Crippen molar-refractivity contribution >= 4 is 23.6 Å². The average molecular weight is 543 g/mol. The number of carboxylic acid groups (broad SMARTS) is 1. The van der Waals surface area contributed by atoms with Crippen LogP contribution in [-0.2, 0) is 21.0 Å². The maximum absolute atomic E-state index is 13.3. The van der Waals surface area contributed by atoms with Crippen molar-refractivity contribution < 1.29 is 24.3 Å². The maximum Gasteiger partial charge on any atom is 0.326 e. The van der Waals surface area contributed by atoms with Crippen molar-refractivity contribution in [1.29, 1.82) is 0 Å². The van der Waals surface area contributed by atoms with E-state index in [1.165, 1.54) is 32.1 Å². The number of amides is 1. The molecule has 0 aliphatic heterocycles. The van der Waals surface area contributed by atoms with Gasteiger partial charge in [-0.05, 0) is 72.1 Å². The van der Waals surface area contributed by atoms with Crippen LogP contribution in [0.2, 0.25) is 0 Å². The molecule has 0 bridgehead atoms. The van der Waals surface area contributed by atoms with E-state index < -0.39 is 12.0 Å². The molecule has 0 heterocycles. The van der Waals surface area contributed by atoms with E-state index in [0.29, 0.717) is 36.8 Å². The number of carboxylic acids is 1. The molecule has 2 unspecified atom stereocenters. The second kappa shape index (κ2) is 15.9. The van der Waals surface area contributed by atoms with Crippen molar-refractivity contribution in [1.82, 2.24) is 10.8 Å². The summed E-state index contributed by atoms with van der Waals surface area (Å²) in [6.07, 6.45) is 9.71. The fourth-order valence-electron chi connectivity index (χ4n) is 5.10. The first kappa shape index (κ1) is 30.2. The number of hydrogen-bond acceptors (Lipinski definition) is 6. The summed E-state index contributed by atoms with van der Waals surface area (Å²) >= 11 is 1.56. The highest BCUT2D eigenvalue weighted by atomic mass is 32.2. The third kappa shape index (κ3) is 9.12. The summed E-state index contributed by atoms with van der Waals surface area (Å²) in [4.78, 5) is 30.2. The van der Waals surface area contributed by atoms with Crippen molar-refractivity contribution in [2.24, 2.45) is 5.92 Å². The molecule has 0 aromatic heterocycles. The zero-order valence-electron chi connectivity index (χ0n) is 22.8. The third-order valence-corrected chi connectivity index (χ3v) is 7.88. The summed E-state index contributed by atoms with van der Waals surface area (Å²) in [5.74, 6) is -0.0838. The van der Waals surface area contributed by atoms with E-state index in [9.17, 15) is 14.7 Å². The number of carbonyl (C=O) groups is 2. The summed E-state index contributed by atoms with van der Waals surface area (Å²) < 4.78 is 6.37. The number of ether oxygens (including phenoxy) is 1. The monoisotopic (exact) mass is 542 g/mol. The van der Waals surface area contributed by atoms with Gasteiger partial charge in [0, 0.05) is 12.1 Å². The highest BCUT2D eigenvalue weighted by molar-refractivity contribution is 7.98. The van der Waals surface area contributed by atoms with Crippen LogP contribution in [0.5, 0.6) is 0 Å². The van der Waals surface area contributed by atoms with Crippen LogP contribution in [0.3, 0.4) is 0 Å². The Morgan fingerprint density at radius 3 is 2.55 bits per heavy atom. The molecular weight excluding hydrogens is 500 g/mol. The van der Waals surface area contributed by atoms with Crippen molar-refractivity contribution in [3.63, 3.8) is 0 Å². The second-order valence-corrected chi connectivity index (χ2v) is 11.1. The number of nitrogens with one attached hydrogen (secondary N) is 2. The van der Waals surface area contributed by atoms with E-state index in [4.69, 9.17) is 9.57 Å². The Labute approximate surface area is 231 Å². The van der Waals surface area contributed by atoms with Crippen LogP contribution in [0.4, 0.5) is 0 Å². The summed E-state index contributed by atoms with van der Waals surface area (Å²) in [5.41, 5.74) is 7.13. The Morgan fingerprint density at radius 2 is 1.87 bits per heavy atom. The predicted octanol–water partition coefficient (Wildman–Crippen LogP) is 5.60. The van der Waals surface area contributed by atoms with Gasteiger partial charge >= 0.3 is 5.97 Å². The third-order valence-electron chi connectivity index (χ3n) is 7.24. The summed E-state index contributed by atoms with van der Waals surface area (Å²) in [6.45, 7) is 3.04. The van der Waals surface area contributed by atoms with Gasteiger partial charge < -0.3 is 20.0 Å². The number of rotatable bonds is 15. The van der Waals surface area contributed by atoms with Crippen LogP contribution in [0.1, 0.15) is 66.4 Å². The zero-order chi connectivity index (χ0) is 27.3. The van der Waals surface area contributed by atoms with E-state index in [-0.39, 0.29) is 12.0 Å². The van der Waals surface area contributed by atoms with Gasteiger partial charge in [-0.1, -0.05) is 62.4 Å². The second-order valence-electron chi connectivity index (χ2n) is 10.1. The number of carbonyl (C=O) groups excluding carboxylic acids is 1. The first-order chi connectivity index (χ1) is 18.4. The maximum atomic E-state index is 13.3. The van der Waals surface area contributed by atoms with Gasteiger partial charge in [0.1, 0.15) is 6.04 Å². The number of aliphatic carboxylic acids is 1. The lowest BCUT2D eigenvalue weighted by molar-refractivity contribution is -0.139. The van der Waals surface area contributed by atoms with E-state index in [1.54, 1.807) is 24.9 Å². The molecule has 0 saturated heterocycles. The smallest absolute Gasteiger partial charge is 0.326 e. The summed E-state index contributed by atoms with van der Waals surface area (Å²) in [6, 6.07) is 12.7. The van der Waals surface area contributed by atoms with Crippen molar-refractivity contribution in [3.05, 3.63) is 59.2 Å². The van der Waals surface area contributed by atoms with Gasteiger partial charge in [0.2, 0.25) is 0 Å². The van der Waals surface area contributed by atoms with Gasteiger partial charge in [-0.25, -0.2) is 10.3 Å². The Hall–Kier alpha value is -2.39. The molecule has 1 fully saturated rings. The van der Waals surface area contributed by atoms with E-state index in [2.05, 4.69) is 10.8 Å².